The summed E-state index contributed by atoms with van der Waals surface area (Å²) in [7, 11) is 6.68. The first-order valence-electron chi connectivity index (χ1n) is 27.5. The monoisotopic (exact) mass is 1090 g/mol. The second kappa shape index (κ2) is 27.0. The largest absolute Gasteiger partial charge is 0.459 e. The van der Waals surface area contributed by atoms with Crippen molar-refractivity contribution in [3.05, 3.63) is 47.3 Å². The lowest BCUT2D eigenvalue weighted by molar-refractivity contribution is -0.308. The molecule has 1 aromatic heterocycles. The smallest absolute Gasteiger partial charge is 0.311 e. The van der Waals surface area contributed by atoms with Gasteiger partial charge in [0.15, 0.2) is 12.6 Å². The van der Waals surface area contributed by atoms with Gasteiger partial charge < -0.3 is 78.1 Å². The first-order valence-corrected chi connectivity index (χ1v) is 27.5. The van der Waals surface area contributed by atoms with E-state index in [1.165, 1.54) is 25.8 Å². The molecule has 4 aliphatic heterocycles. The maximum absolute atomic E-state index is 14.9. The molecule has 0 unspecified atom stereocenters. The third kappa shape index (κ3) is 15.0. The van der Waals surface area contributed by atoms with E-state index in [2.05, 4.69) is 10.3 Å². The number of alkyl halides is 1. The first-order chi connectivity index (χ1) is 36.3. The van der Waals surface area contributed by atoms with Crippen LogP contribution in [0.4, 0.5) is 4.39 Å². The molecule has 4 aliphatic rings. The van der Waals surface area contributed by atoms with Crippen molar-refractivity contribution in [1.29, 1.82) is 0 Å². The molecule has 21 nitrogen and oxygen atoms in total. The van der Waals surface area contributed by atoms with Crippen molar-refractivity contribution in [1.82, 2.24) is 29.7 Å². The van der Waals surface area contributed by atoms with Gasteiger partial charge in [-0.25, -0.2) is 9.07 Å². The number of amides is 1. The van der Waals surface area contributed by atoms with Crippen molar-refractivity contribution in [3.63, 3.8) is 0 Å². The number of aliphatic hydroxyl groups is 5. The number of methoxy groups -OCH3 is 2. The molecule has 77 heavy (non-hydrogen) atoms. The summed E-state index contributed by atoms with van der Waals surface area (Å²) in [6.07, 6.45) is -8.24. The fourth-order valence-electron chi connectivity index (χ4n) is 11.7. The van der Waals surface area contributed by atoms with Gasteiger partial charge in [0.25, 0.3) is 5.91 Å². The molecule has 0 aliphatic carbocycles. The van der Waals surface area contributed by atoms with Crippen LogP contribution in [0.5, 0.6) is 0 Å². The number of carbonyl (C=O) groups is 2. The van der Waals surface area contributed by atoms with Gasteiger partial charge in [0.1, 0.15) is 48.8 Å². The van der Waals surface area contributed by atoms with Crippen molar-refractivity contribution < 1.29 is 77.4 Å². The number of hydrogen-bond donors (Lipinski definition) is 5. The number of likely N-dealkylation sites (N-methyl/N-ethyl adjacent to an activating group) is 2. The summed E-state index contributed by atoms with van der Waals surface area (Å²) in [5, 5.41) is 68.2. The van der Waals surface area contributed by atoms with Crippen LogP contribution in [-0.2, 0) is 49.1 Å². The summed E-state index contributed by atoms with van der Waals surface area (Å²) >= 11 is 0. The zero-order chi connectivity index (χ0) is 56.7. The molecule has 5 N–H and O–H groups in total. The highest BCUT2D eigenvalue weighted by atomic mass is 19.1. The standard InChI is InChI=1S/C55H91FN6O15/c1-14-43-55(9,69)48(64)35(5)60(11)30-32(2)27-53(7,68)44(26-42(34(4)51(67)76-43)75-45-28-54(8,71-13)49(65)36(6)74-45)77-52-46(63)40(25-33(3)73-52)59(10)20-19-39-31-62(58-57-39)41(29-56)47(70-12)37-15-17-38(18-16-37)50(66)61-21-23-72-24-22-61/h15-18,31-36,40-49,52,63-65,68-69H,14,19-30H2,1-13H3/t32-,33-,34-,35-,36+,40+,41-,42+,43-,44-,45+,46-,47-,48-,49+,52+,53-,54-,55-/m1/s1. The Morgan fingerprint density at radius 3 is 2.26 bits per heavy atom. The highest BCUT2D eigenvalue weighted by Crippen LogP contribution is 2.39. The van der Waals surface area contributed by atoms with Crippen LogP contribution in [0.3, 0.4) is 0 Å². The lowest BCUT2D eigenvalue weighted by Gasteiger charge is -2.47. The van der Waals surface area contributed by atoms with E-state index in [4.69, 9.17) is 37.9 Å². The minimum Gasteiger partial charge on any atom is -0.459 e. The third-order valence-corrected chi connectivity index (χ3v) is 16.9. The van der Waals surface area contributed by atoms with Crippen LogP contribution < -0.4 is 0 Å². The molecular formula is C55H91FN6O15. The Morgan fingerprint density at radius 1 is 0.961 bits per heavy atom. The summed E-state index contributed by atoms with van der Waals surface area (Å²) in [6.45, 7) is 17.5. The van der Waals surface area contributed by atoms with Crippen molar-refractivity contribution in [2.45, 2.75) is 203 Å². The predicted octanol–water partition coefficient (Wildman–Crippen LogP) is 3.23. The van der Waals surface area contributed by atoms with Crippen LogP contribution >= 0.6 is 0 Å². The summed E-state index contributed by atoms with van der Waals surface area (Å²) in [4.78, 5) is 33.1. The summed E-state index contributed by atoms with van der Waals surface area (Å²) in [5.41, 5.74) is -2.81. The second-order valence-corrected chi connectivity index (χ2v) is 23.0. The Kier molecular flexibility index (Phi) is 22.0. The quantitative estimate of drug-likeness (QED) is 0.151. The van der Waals surface area contributed by atoms with Crippen molar-refractivity contribution in [2.75, 3.05) is 74.4 Å². The fraction of sp³-hybridized carbons (Fsp3) is 0.818. The van der Waals surface area contributed by atoms with E-state index in [1.807, 2.05) is 37.7 Å². The summed E-state index contributed by atoms with van der Waals surface area (Å²) < 4.78 is 65.5. The third-order valence-electron chi connectivity index (χ3n) is 16.9. The molecule has 438 valence electrons. The van der Waals surface area contributed by atoms with Crippen LogP contribution in [0.1, 0.15) is 128 Å². The minimum atomic E-state index is -1.85. The molecule has 0 spiro atoms. The molecule has 4 saturated heterocycles. The molecular weight excluding hydrogens is 1000 g/mol. The van der Waals surface area contributed by atoms with E-state index in [9.17, 15) is 39.5 Å². The van der Waals surface area contributed by atoms with E-state index in [1.54, 1.807) is 76.9 Å². The number of hydrogen-bond acceptors (Lipinski definition) is 19. The van der Waals surface area contributed by atoms with E-state index in [-0.39, 0.29) is 37.5 Å². The van der Waals surface area contributed by atoms with Crippen LogP contribution in [0, 0.1) is 11.8 Å². The van der Waals surface area contributed by atoms with Crippen LogP contribution in [0.15, 0.2) is 30.5 Å². The Balaban J connectivity index is 1.22. The number of cyclic esters (lactones) is 1. The van der Waals surface area contributed by atoms with Crippen LogP contribution in [0.25, 0.3) is 0 Å². The number of halogens is 1. The SMILES string of the molecule is CC[C@H]1OC(=O)[C@H](C)[C@@H](O[C@H]2C[C@@](C)(OC)[C@@H](O)[C@H](C)O2)C[C@@H](O[C@@H]2O[C@H](C)C[C@H](N(C)CCc3cn([C@H](CF)[C@H](OC)c4ccc(C(=O)N5CCOCC5)cc4)nn3)[C@H]2O)[C@](C)(O)C[C@@H](C)CN(C)[C@H](C)[C@@H](O)[C@]1(C)O. The molecule has 6 rings (SSSR count). The topological polar surface area (TPSA) is 250 Å². The average molecular weight is 1100 g/mol. The lowest BCUT2D eigenvalue weighted by atomic mass is 9.83. The van der Waals surface area contributed by atoms with Crippen LogP contribution in [-0.4, -0.2) is 232 Å². The van der Waals surface area contributed by atoms with Gasteiger partial charge in [-0.3, -0.25) is 9.59 Å². The predicted molar refractivity (Wildman–Crippen MR) is 280 cm³/mol. The van der Waals surface area contributed by atoms with Gasteiger partial charge in [-0.2, -0.15) is 0 Å². The normalized spacial score (nSPS) is 38.4. The zero-order valence-corrected chi connectivity index (χ0v) is 47.7. The number of rotatable bonds is 16. The van der Waals surface area contributed by atoms with E-state index < -0.39 is 121 Å². The first kappa shape index (κ1) is 62.9. The Hall–Kier alpha value is -3.33. The van der Waals surface area contributed by atoms with Crippen molar-refractivity contribution >= 4 is 11.9 Å². The molecule has 0 radical (unpaired) electrons. The molecule has 0 bridgehead atoms. The fourth-order valence-corrected chi connectivity index (χ4v) is 11.7. The number of benzene rings is 1. The lowest BCUT2D eigenvalue weighted by Crippen LogP contribution is -2.59. The Morgan fingerprint density at radius 2 is 1.64 bits per heavy atom. The van der Waals surface area contributed by atoms with Crippen molar-refractivity contribution in [3.8, 4) is 0 Å². The molecule has 4 fully saturated rings. The molecule has 1 aromatic carbocycles. The van der Waals surface area contributed by atoms with Gasteiger partial charge in [-0.05, 0) is 105 Å². The van der Waals surface area contributed by atoms with Gasteiger partial charge >= 0.3 is 5.97 Å². The van der Waals surface area contributed by atoms with E-state index in [0.717, 1.165) is 0 Å². The van der Waals surface area contributed by atoms with Gasteiger partial charge in [0.2, 0.25) is 0 Å². The Bertz CT molecular complexity index is 2170. The molecule has 2 aromatic rings. The molecule has 19 atom stereocenters. The Labute approximate surface area is 454 Å². The van der Waals surface area contributed by atoms with Gasteiger partial charge in [0.05, 0.1) is 60.4 Å². The van der Waals surface area contributed by atoms with Crippen LogP contribution in [0.2, 0.25) is 0 Å². The average Bonchev–Trinajstić information content (AvgIpc) is 3.88. The van der Waals surface area contributed by atoms with E-state index in [0.29, 0.717) is 69.1 Å². The zero-order valence-electron chi connectivity index (χ0n) is 47.7. The summed E-state index contributed by atoms with van der Waals surface area (Å²) in [5.74, 6) is -2.12. The number of aromatic nitrogens is 3. The second-order valence-electron chi connectivity index (χ2n) is 23.0. The molecule has 5 heterocycles. The van der Waals surface area contributed by atoms with Crippen molar-refractivity contribution in [2.24, 2.45) is 11.8 Å². The number of aliphatic hydroxyl groups excluding tert-OH is 3. The maximum atomic E-state index is 14.9. The summed E-state index contributed by atoms with van der Waals surface area (Å²) in [6, 6.07) is 5.01. The molecule has 1 amide bonds. The number of carbonyl (C=O) groups excluding carboxylic acids is 2. The van der Waals surface area contributed by atoms with Gasteiger partial charge in [0, 0.05) is 83.5 Å². The number of ether oxygens (including phenoxy) is 8. The van der Waals surface area contributed by atoms with Gasteiger partial charge in [-0.15, -0.1) is 5.10 Å². The minimum absolute atomic E-state index is 0.0835. The molecule has 22 heteroatoms. The number of morpholine rings is 1. The van der Waals surface area contributed by atoms with E-state index >= 15 is 0 Å². The highest BCUT2D eigenvalue weighted by Gasteiger charge is 2.51. The van der Waals surface area contributed by atoms with Gasteiger partial charge in [-0.1, -0.05) is 31.2 Å². The highest BCUT2D eigenvalue weighted by molar-refractivity contribution is 5.94. The molecule has 0 saturated carbocycles. The number of esters is 1. The number of nitrogens with zero attached hydrogens (tertiary/aromatic N) is 6. The maximum Gasteiger partial charge on any atom is 0.311 e.